The molecule has 1 unspecified atom stereocenters. The van der Waals surface area contributed by atoms with E-state index in [1.165, 1.54) is 5.56 Å². The van der Waals surface area contributed by atoms with Crippen molar-refractivity contribution in [2.24, 2.45) is 10.7 Å². The molecule has 0 aliphatic rings. The molecule has 2 aromatic rings. The first-order valence-electron chi connectivity index (χ1n) is 8.36. The van der Waals surface area contributed by atoms with E-state index < -0.39 is 0 Å². The molecule has 0 aliphatic heterocycles. The van der Waals surface area contributed by atoms with Crippen molar-refractivity contribution in [3.05, 3.63) is 65.2 Å². The summed E-state index contributed by atoms with van der Waals surface area (Å²) in [5, 5.41) is 3.14. The maximum Gasteiger partial charge on any atom is 0.193 e. The van der Waals surface area contributed by atoms with Crippen LogP contribution in [0.5, 0.6) is 0 Å². The van der Waals surface area contributed by atoms with Gasteiger partial charge in [0.2, 0.25) is 0 Å². The van der Waals surface area contributed by atoms with Crippen molar-refractivity contribution in [2.45, 2.75) is 39.3 Å². The summed E-state index contributed by atoms with van der Waals surface area (Å²) >= 11 is 0. The molecule has 5 heteroatoms. The predicted octanol–water partition coefficient (Wildman–Crippen LogP) is 4.89. The highest BCUT2D eigenvalue weighted by Gasteiger charge is 2.03. The second-order valence-corrected chi connectivity index (χ2v) is 6.01. The SMILES string of the molecule is CCC(C)c1ccc(NC(N)=NCc2cccc(COC)c2)cc1.I. The molecule has 0 aliphatic carbocycles. The smallest absolute Gasteiger partial charge is 0.193 e. The van der Waals surface area contributed by atoms with Gasteiger partial charge in [0.25, 0.3) is 0 Å². The third-order valence-electron chi connectivity index (χ3n) is 4.10. The first kappa shape index (κ1) is 21.4. The van der Waals surface area contributed by atoms with Gasteiger partial charge in [-0.2, -0.15) is 0 Å². The Kier molecular flexibility index (Phi) is 9.52. The maximum atomic E-state index is 5.99. The van der Waals surface area contributed by atoms with Crippen molar-refractivity contribution in [2.75, 3.05) is 12.4 Å². The second-order valence-electron chi connectivity index (χ2n) is 6.01. The zero-order valence-electron chi connectivity index (χ0n) is 15.2. The summed E-state index contributed by atoms with van der Waals surface area (Å²) in [7, 11) is 1.69. The zero-order valence-corrected chi connectivity index (χ0v) is 17.5. The van der Waals surface area contributed by atoms with Gasteiger partial charge in [0, 0.05) is 12.8 Å². The van der Waals surface area contributed by atoms with Gasteiger partial charge in [0.15, 0.2) is 5.96 Å². The number of ether oxygens (including phenoxy) is 1. The number of methoxy groups -OCH3 is 1. The zero-order chi connectivity index (χ0) is 17.4. The van der Waals surface area contributed by atoms with Gasteiger partial charge in [-0.05, 0) is 41.2 Å². The number of halogens is 1. The van der Waals surface area contributed by atoms with Gasteiger partial charge in [-0.1, -0.05) is 50.2 Å². The molecule has 3 N–H and O–H groups in total. The molecule has 0 saturated carbocycles. The fourth-order valence-electron chi connectivity index (χ4n) is 2.48. The fraction of sp³-hybridized carbons (Fsp3) is 0.350. The van der Waals surface area contributed by atoms with Crippen LogP contribution in [-0.4, -0.2) is 13.1 Å². The Morgan fingerprint density at radius 3 is 2.48 bits per heavy atom. The Bertz CT molecular complexity index is 671. The number of aliphatic imine (C=N–C) groups is 1. The van der Waals surface area contributed by atoms with Gasteiger partial charge in [-0.25, -0.2) is 4.99 Å². The van der Waals surface area contributed by atoms with Crippen LogP contribution in [0.4, 0.5) is 5.69 Å². The van der Waals surface area contributed by atoms with Gasteiger partial charge in [-0.3, -0.25) is 0 Å². The topological polar surface area (TPSA) is 59.6 Å². The average molecular weight is 453 g/mol. The van der Waals surface area contributed by atoms with Gasteiger partial charge in [0.05, 0.1) is 13.2 Å². The number of anilines is 1. The minimum Gasteiger partial charge on any atom is -0.380 e. The van der Waals surface area contributed by atoms with Crippen molar-refractivity contribution < 1.29 is 4.74 Å². The second kappa shape index (κ2) is 11.1. The van der Waals surface area contributed by atoms with E-state index in [2.05, 4.69) is 42.4 Å². The highest BCUT2D eigenvalue weighted by atomic mass is 127. The minimum absolute atomic E-state index is 0. The van der Waals surface area contributed by atoms with Crippen LogP contribution in [0.1, 0.15) is 42.9 Å². The molecule has 0 aromatic heterocycles. The summed E-state index contributed by atoms with van der Waals surface area (Å²) in [6.45, 7) is 5.58. The van der Waals surface area contributed by atoms with E-state index in [9.17, 15) is 0 Å². The molecule has 1 atom stereocenters. The number of hydrogen-bond donors (Lipinski definition) is 2. The Balaban J connectivity index is 0.00000312. The quantitative estimate of drug-likeness (QED) is 0.357. The molecule has 0 amide bonds. The van der Waals surface area contributed by atoms with Crippen molar-refractivity contribution in [1.82, 2.24) is 0 Å². The Labute approximate surface area is 167 Å². The number of benzene rings is 2. The molecule has 136 valence electrons. The maximum absolute atomic E-state index is 5.99. The van der Waals surface area contributed by atoms with Crippen molar-refractivity contribution in [3.8, 4) is 0 Å². The van der Waals surface area contributed by atoms with E-state index in [0.717, 1.165) is 23.2 Å². The van der Waals surface area contributed by atoms with Crippen molar-refractivity contribution in [3.63, 3.8) is 0 Å². The Morgan fingerprint density at radius 1 is 1.16 bits per heavy atom. The van der Waals surface area contributed by atoms with Crippen LogP contribution in [-0.2, 0) is 17.9 Å². The first-order valence-corrected chi connectivity index (χ1v) is 8.36. The van der Waals surface area contributed by atoms with E-state index >= 15 is 0 Å². The molecule has 2 aromatic carbocycles. The Hall–Kier alpha value is -1.60. The van der Waals surface area contributed by atoms with Gasteiger partial charge >= 0.3 is 0 Å². The molecule has 0 bridgehead atoms. The third kappa shape index (κ3) is 7.04. The highest BCUT2D eigenvalue weighted by molar-refractivity contribution is 14.0. The molecular weight excluding hydrogens is 425 g/mol. The molecule has 0 spiro atoms. The lowest BCUT2D eigenvalue weighted by atomic mass is 9.99. The molecule has 0 saturated heterocycles. The molecule has 0 radical (unpaired) electrons. The molecular formula is C20H28IN3O. The van der Waals surface area contributed by atoms with Crippen LogP contribution in [0.25, 0.3) is 0 Å². The van der Waals surface area contributed by atoms with E-state index in [0.29, 0.717) is 25.0 Å². The summed E-state index contributed by atoms with van der Waals surface area (Å²) in [4.78, 5) is 4.41. The Morgan fingerprint density at radius 2 is 1.84 bits per heavy atom. The van der Waals surface area contributed by atoms with E-state index in [1.807, 2.05) is 30.3 Å². The van der Waals surface area contributed by atoms with Crippen LogP contribution in [0.15, 0.2) is 53.5 Å². The summed E-state index contributed by atoms with van der Waals surface area (Å²) in [5.74, 6) is 0.993. The van der Waals surface area contributed by atoms with Crippen molar-refractivity contribution >= 4 is 35.6 Å². The van der Waals surface area contributed by atoms with Gasteiger partial charge in [0.1, 0.15) is 0 Å². The lowest BCUT2D eigenvalue weighted by Gasteiger charge is -2.11. The lowest BCUT2D eigenvalue weighted by Crippen LogP contribution is -2.22. The summed E-state index contributed by atoms with van der Waals surface area (Å²) in [6.07, 6.45) is 1.14. The van der Waals surface area contributed by atoms with E-state index in [4.69, 9.17) is 10.5 Å². The average Bonchev–Trinajstić information content (AvgIpc) is 2.60. The van der Waals surface area contributed by atoms with Crippen LogP contribution in [0.3, 0.4) is 0 Å². The van der Waals surface area contributed by atoms with Crippen LogP contribution in [0.2, 0.25) is 0 Å². The first-order chi connectivity index (χ1) is 11.6. The van der Waals surface area contributed by atoms with Crippen LogP contribution < -0.4 is 11.1 Å². The number of hydrogen-bond acceptors (Lipinski definition) is 2. The van der Waals surface area contributed by atoms with Gasteiger partial charge < -0.3 is 15.8 Å². The van der Waals surface area contributed by atoms with Crippen molar-refractivity contribution in [1.29, 1.82) is 0 Å². The summed E-state index contributed by atoms with van der Waals surface area (Å²) in [6, 6.07) is 16.5. The molecule has 25 heavy (non-hydrogen) atoms. The number of nitrogens with two attached hydrogens (primary N) is 1. The standard InChI is InChI=1S/C20H27N3O.HI/c1-4-15(2)18-8-10-19(11-9-18)23-20(21)22-13-16-6-5-7-17(12-16)14-24-3;/h5-12,15H,4,13-14H2,1-3H3,(H3,21,22,23);1H. The summed E-state index contributed by atoms with van der Waals surface area (Å²) in [5.41, 5.74) is 10.5. The molecule has 2 rings (SSSR count). The number of rotatable bonds is 7. The lowest BCUT2D eigenvalue weighted by molar-refractivity contribution is 0.185. The van der Waals surface area contributed by atoms with Crippen LogP contribution in [0, 0.1) is 0 Å². The number of nitrogens with zero attached hydrogens (tertiary/aromatic N) is 1. The molecule has 0 heterocycles. The highest BCUT2D eigenvalue weighted by Crippen LogP contribution is 2.20. The van der Waals surface area contributed by atoms with E-state index in [1.54, 1.807) is 7.11 Å². The molecule has 0 fully saturated rings. The fourth-order valence-corrected chi connectivity index (χ4v) is 2.48. The normalized spacial score (nSPS) is 12.4. The third-order valence-corrected chi connectivity index (χ3v) is 4.10. The minimum atomic E-state index is 0. The number of nitrogens with one attached hydrogen (secondary N) is 1. The molecule has 4 nitrogen and oxygen atoms in total. The van der Waals surface area contributed by atoms with Gasteiger partial charge in [-0.15, -0.1) is 24.0 Å². The predicted molar refractivity (Wildman–Crippen MR) is 117 cm³/mol. The van der Waals surface area contributed by atoms with Crippen LogP contribution >= 0.6 is 24.0 Å². The summed E-state index contributed by atoms with van der Waals surface area (Å²) < 4.78 is 5.15. The number of guanidine groups is 1. The monoisotopic (exact) mass is 453 g/mol. The largest absolute Gasteiger partial charge is 0.380 e. The van der Waals surface area contributed by atoms with E-state index in [-0.39, 0.29) is 24.0 Å².